The number of ether oxygens (including phenoxy) is 2. The molecule has 0 spiro atoms. The molecule has 1 fully saturated rings. The molecule has 1 heterocycles. The number of hydrogen-bond acceptors (Lipinski definition) is 5. The minimum atomic E-state index is -0.425. The summed E-state index contributed by atoms with van der Waals surface area (Å²) in [5, 5.41) is 0.477. The zero-order chi connectivity index (χ0) is 15.4. The van der Waals surface area contributed by atoms with Crippen molar-refractivity contribution < 1.29 is 14.3 Å². The second kappa shape index (κ2) is 7.00. The number of halogens is 1. The maximum absolute atomic E-state index is 12.0. The van der Waals surface area contributed by atoms with Crippen LogP contribution in [-0.4, -0.2) is 38.9 Å². The topological polar surface area (TPSA) is 64.8 Å². The van der Waals surface area contributed by atoms with Crippen LogP contribution in [0.4, 0.5) is 11.4 Å². The molecule has 0 unspecified atom stereocenters. The van der Waals surface area contributed by atoms with E-state index in [0.29, 0.717) is 22.0 Å². The van der Waals surface area contributed by atoms with Crippen LogP contribution < -0.4 is 10.6 Å². The van der Waals surface area contributed by atoms with E-state index in [1.807, 2.05) is 6.92 Å². The number of carbonyl (C=O) groups excluding carboxylic acids is 1. The number of nitrogens with zero attached hydrogens (tertiary/aromatic N) is 1. The van der Waals surface area contributed by atoms with Crippen LogP contribution in [0.1, 0.15) is 30.1 Å². The molecular weight excluding hydrogens is 292 g/mol. The van der Waals surface area contributed by atoms with E-state index in [0.717, 1.165) is 32.5 Å². The number of carbonyl (C=O) groups is 1. The van der Waals surface area contributed by atoms with E-state index >= 15 is 0 Å². The average Bonchev–Trinajstić information content (AvgIpc) is 2.47. The van der Waals surface area contributed by atoms with Crippen molar-refractivity contribution in [3.8, 4) is 0 Å². The van der Waals surface area contributed by atoms with Gasteiger partial charge in [0.05, 0.1) is 29.5 Å². The van der Waals surface area contributed by atoms with Gasteiger partial charge in [-0.3, -0.25) is 0 Å². The summed E-state index contributed by atoms with van der Waals surface area (Å²) in [6.45, 7) is 4.30. The van der Waals surface area contributed by atoms with Crippen LogP contribution in [0.25, 0.3) is 0 Å². The lowest BCUT2D eigenvalue weighted by Gasteiger charge is -2.34. The van der Waals surface area contributed by atoms with Gasteiger partial charge in [-0.05, 0) is 31.9 Å². The Morgan fingerprint density at radius 1 is 1.43 bits per heavy atom. The van der Waals surface area contributed by atoms with Gasteiger partial charge >= 0.3 is 5.97 Å². The Morgan fingerprint density at radius 3 is 2.67 bits per heavy atom. The SMILES string of the molecule is CCOC1CCN(c2c(Cl)cc(N)cc2C(=O)OC)CC1. The standard InChI is InChI=1S/C15H21ClN2O3/c1-3-21-11-4-6-18(7-5-11)14-12(15(19)20-2)8-10(17)9-13(14)16/h8-9,11H,3-7,17H2,1-2H3. The first-order chi connectivity index (χ1) is 10.1. The van der Waals surface area contributed by atoms with Gasteiger partial charge in [-0.2, -0.15) is 0 Å². The molecule has 0 saturated carbocycles. The number of piperidine rings is 1. The smallest absolute Gasteiger partial charge is 0.340 e. The van der Waals surface area contributed by atoms with Gasteiger partial charge in [0.15, 0.2) is 0 Å². The van der Waals surface area contributed by atoms with Crippen molar-refractivity contribution in [2.75, 3.05) is 37.4 Å². The minimum absolute atomic E-state index is 0.278. The summed E-state index contributed by atoms with van der Waals surface area (Å²) in [5.41, 5.74) is 7.35. The predicted octanol–water partition coefficient (Wildman–Crippen LogP) is 2.71. The second-order valence-corrected chi connectivity index (χ2v) is 5.44. The first-order valence-electron chi connectivity index (χ1n) is 7.10. The largest absolute Gasteiger partial charge is 0.465 e. The molecule has 0 radical (unpaired) electrons. The van der Waals surface area contributed by atoms with Crippen LogP contribution in [0, 0.1) is 0 Å². The molecule has 1 aromatic carbocycles. The normalized spacial score (nSPS) is 16.0. The van der Waals surface area contributed by atoms with Crippen LogP contribution in [0.5, 0.6) is 0 Å². The average molecular weight is 313 g/mol. The Hall–Kier alpha value is -1.46. The molecule has 116 valence electrons. The number of esters is 1. The molecule has 2 rings (SSSR count). The summed E-state index contributed by atoms with van der Waals surface area (Å²) in [6, 6.07) is 3.28. The van der Waals surface area contributed by atoms with Crippen LogP contribution in [-0.2, 0) is 9.47 Å². The molecule has 2 N–H and O–H groups in total. The lowest BCUT2D eigenvalue weighted by Crippen LogP contribution is -2.38. The van der Waals surface area contributed by atoms with Crippen molar-refractivity contribution in [1.82, 2.24) is 0 Å². The van der Waals surface area contributed by atoms with Crippen molar-refractivity contribution >= 4 is 28.9 Å². The summed E-state index contributed by atoms with van der Waals surface area (Å²) in [7, 11) is 1.35. The number of hydrogen-bond donors (Lipinski definition) is 1. The van der Waals surface area contributed by atoms with Gasteiger partial charge in [-0.25, -0.2) is 4.79 Å². The fourth-order valence-electron chi connectivity index (χ4n) is 2.69. The summed E-state index contributed by atoms with van der Waals surface area (Å²) in [4.78, 5) is 14.1. The monoisotopic (exact) mass is 312 g/mol. The third-order valence-corrected chi connectivity index (χ3v) is 3.94. The predicted molar refractivity (Wildman–Crippen MR) is 84.1 cm³/mol. The molecule has 0 bridgehead atoms. The molecule has 1 aliphatic rings. The molecule has 0 atom stereocenters. The molecule has 5 nitrogen and oxygen atoms in total. The van der Waals surface area contributed by atoms with Gasteiger partial charge < -0.3 is 20.1 Å². The fourth-order valence-corrected chi connectivity index (χ4v) is 3.04. The Morgan fingerprint density at radius 2 is 2.10 bits per heavy atom. The first kappa shape index (κ1) is 15.9. The van der Waals surface area contributed by atoms with E-state index in [1.165, 1.54) is 7.11 Å². The number of nitrogens with two attached hydrogens (primary N) is 1. The number of nitrogen functional groups attached to an aromatic ring is 1. The number of benzene rings is 1. The first-order valence-corrected chi connectivity index (χ1v) is 7.48. The molecule has 0 aliphatic carbocycles. The van der Waals surface area contributed by atoms with Crippen molar-refractivity contribution in [2.24, 2.45) is 0 Å². The third-order valence-electron chi connectivity index (χ3n) is 3.65. The second-order valence-electron chi connectivity index (χ2n) is 5.03. The van der Waals surface area contributed by atoms with E-state index in [1.54, 1.807) is 12.1 Å². The lowest BCUT2D eigenvalue weighted by atomic mass is 10.0. The minimum Gasteiger partial charge on any atom is -0.465 e. The van der Waals surface area contributed by atoms with Crippen molar-refractivity contribution in [3.63, 3.8) is 0 Å². The Balaban J connectivity index is 2.25. The zero-order valence-electron chi connectivity index (χ0n) is 12.4. The summed E-state index contributed by atoms with van der Waals surface area (Å²) in [6.07, 6.45) is 2.10. The highest BCUT2D eigenvalue weighted by molar-refractivity contribution is 6.34. The summed E-state index contributed by atoms with van der Waals surface area (Å²) < 4.78 is 10.5. The number of methoxy groups -OCH3 is 1. The Labute approximate surface area is 130 Å². The Bertz CT molecular complexity index is 514. The van der Waals surface area contributed by atoms with E-state index < -0.39 is 5.97 Å². The van der Waals surface area contributed by atoms with Crippen molar-refractivity contribution in [3.05, 3.63) is 22.7 Å². The van der Waals surface area contributed by atoms with Gasteiger partial charge in [-0.15, -0.1) is 0 Å². The van der Waals surface area contributed by atoms with Crippen molar-refractivity contribution in [2.45, 2.75) is 25.9 Å². The summed E-state index contributed by atoms with van der Waals surface area (Å²) >= 11 is 6.31. The van der Waals surface area contributed by atoms with E-state index in [9.17, 15) is 4.79 Å². The van der Waals surface area contributed by atoms with E-state index in [4.69, 9.17) is 26.8 Å². The van der Waals surface area contributed by atoms with Gasteiger partial charge in [0.2, 0.25) is 0 Å². The van der Waals surface area contributed by atoms with Gasteiger partial charge in [-0.1, -0.05) is 11.6 Å². The summed E-state index contributed by atoms with van der Waals surface area (Å²) in [5.74, 6) is -0.425. The number of rotatable bonds is 4. The maximum Gasteiger partial charge on any atom is 0.340 e. The molecule has 0 aromatic heterocycles. The number of anilines is 2. The molecule has 1 aliphatic heterocycles. The van der Waals surface area contributed by atoms with Gasteiger partial charge in [0, 0.05) is 25.4 Å². The third kappa shape index (κ3) is 3.60. The Kier molecular flexibility index (Phi) is 5.31. The molecule has 1 saturated heterocycles. The van der Waals surface area contributed by atoms with Crippen molar-refractivity contribution in [1.29, 1.82) is 0 Å². The van der Waals surface area contributed by atoms with Crippen LogP contribution in [0.2, 0.25) is 5.02 Å². The quantitative estimate of drug-likeness (QED) is 0.684. The molecular formula is C15H21ClN2O3. The zero-order valence-corrected chi connectivity index (χ0v) is 13.2. The van der Waals surface area contributed by atoms with E-state index in [2.05, 4.69) is 4.90 Å². The van der Waals surface area contributed by atoms with E-state index in [-0.39, 0.29) is 6.10 Å². The lowest BCUT2D eigenvalue weighted by molar-refractivity contribution is 0.0458. The van der Waals surface area contributed by atoms with Crippen LogP contribution in [0.3, 0.4) is 0 Å². The highest BCUT2D eigenvalue weighted by Crippen LogP contribution is 2.35. The molecule has 21 heavy (non-hydrogen) atoms. The molecule has 1 aromatic rings. The highest BCUT2D eigenvalue weighted by atomic mass is 35.5. The van der Waals surface area contributed by atoms with Gasteiger partial charge in [0.1, 0.15) is 0 Å². The van der Waals surface area contributed by atoms with Crippen LogP contribution in [0.15, 0.2) is 12.1 Å². The molecule has 0 amide bonds. The van der Waals surface area contributed by atoms with Crippen LogP contribution >= 0.6 is 11.6 Å². The highest BCUT2D eigenvalue weighted by Gasteiger charge is 2.25. The fraction of sp³-hybridized carbons (Fsp3) is 0.533. The van der Waals surface area contributed by atoms with Gasteiger partial charge in [0.25, 0.3) is 0 Å². The maximum atomic E-state index is 12.0. The molecule has 6 heteroatoms.